The lowest BCUT2D eigenvalue weighted by Gasteiger charge is -2.29. The molecule has 1 aliphatic heterocycles. The molecule has 2 aromatic heterocycles. The van der Waals surface area contributed by atoms with Gasteiger partial charge in [-0.25, -0.2) is 13.6 Å². The molecule has 0 aliphatic carbocycles. The number of nitrogens with one attached hydrogen (secondary N) is 2. The number of carbonyl (C=O) groups is 1. The fraction of sp³-hybridized carbons (Fsp3) is 0.429. The first kappa shape index (κ1) is 33.0. The molecular weight excluding hydrogens is 506 g/mol. The van der Waals surface area contributed by atoms with Crippen molar-refractivity contribution in [3.05, 3.63) is 80.5 Å². The molecule has 11 heteroatoms. The maximum atomic E-state index is 13.4. The van der Waals surface area contributed by atoms with Crippen LogP contribution in [-0.2, 0) is 20.0 Å². The fourth-order valence-electron chi connectivity index (χ4n) is 3.46. The monoisotopic (exact) mass is 546 g/mol. The van der Waals surface area contributed by atoms with Crippen LogP contribution in [0.15, 0.2) is 58.3 Å². The molecule has 0 aromatic carbocycles. The van der Waals surface area contributed by atoms with Gasteiger partial charge in [0.1, 0.15) is 5.69 Å². The lowest BCUT2D eigenvalue weighted by atomic mass is 10.0. The minimum atomic E-state index is -2.50. The summed E-state index contributed by atoms with van der Waals surface area (Å²) in [5, 5.41) is 10.3. The molecule has 0 saturated heterocycles. The molecule has 2 aromatic rings. The number of carbonyl (C=O) groups excluding carboxylic acids is 1. The van der Waals surface area contributed by atoms with Crippen molar-refractivity contribution in [2.45, 2.75) is 60.4 Å². The Labute approximate surface area is 228 Å². The number of amides is 2. The number of nitrogens with zero attached hydrogens (tertiary/aromatic N) is 4. The molecule has 9 nitrogen and oxygen atoms in total. The van der Waals surface area contributed by atoms with Gasteiger partial charge in [0, 0.05) is 38.0 Å². The van der Waals surface area contributed by atoms with E-state index in [4.69, 9.17) is 0 Å². The van der Waals surface area contributed by atoms with Gasteiger partial charge in [-0.3, -0.25) is 9.59 Å². The fourth-order valence-corrected chi connectivity index (χ4v) is 3.46. The van der Waals surface area contributed by atoms with Crippen LogP contribution in [0.2, 0.25) is 0 Å². The quantitative estimate of drug-likeness (QED) is 0.511. The molecule has 39 heavy (non-hydrogen) atoms. The topological polar surface area (TPSA) is 101 Å². The van der Waals surface area contributed by atoms with Crippen LogP contribution in [-0.4, -0.2) is 44.8 Å². The Hall–Kier alpha value is -4.02. The maximum Gasteiger partial charge on any atom is 0.317 e. The Kier molecular flexibility index (Phi) is 12.5. The van der Waals surface area contributed by atoms with Crippen molar-refractivity contribution < 1.29 is 13.6 Å². The van der Waals surface area contributed by atoms with E-state index in [1.807, 2.05) is 33.8 Å². The molecule has 1 aliphatic rings. The Morgan fingerprint density at radius 2 is 1.74 bits per heavy atom. The normalized spacial score (nSPS) is 12.6. The van der Waals surface area contributed by atoms with Crippen molar-refractivity contribution in [3.63, 3.8) is 0 Å². The van der Waals surface area contributed by atoms with Crippen LogP contribution in [0, 0.1) is 0 Å². The number of hydrogen-bond acceptors (Lipinski definition) is 5. The van der Waals surface area contributed by atoms with Gasteiger partial charge in [-0.2, -0.15) is 4.68 Å². The predicted molar refractivity (Wildman–Crippen MR) is 154 cm³/mol. The Balaban J connectivity index is 0.000000975. The van der Waals surface area contributed by atoms with E-state index in [-0.39, 0.29) is 23.7 Å². The summed E-state index contributed by atoms with van der Waals surface area (Å²) in [6.45, 7) is 14.0. The number of aryl methyl sites for hydroxylation is 1. The molecule has 2 amide bonds. The summed E-state index contributed by atoms with van der Waals surface area (Å²) in [5.74, 6) is -2.09. The zero-order valence-corrected chi connectivity index (χ0v) is 24.1. The number of halogens is 2. The Morgan fingerprint density at radius 1 is 1.13 bits per heavy atom. The highest BCUT2D eigenvalue weighted by atomic mass is 19.3. The third kappa shape index (κ3) is 9.66. The van der Waals surface area contributed by atoms with E-state index >= 15 is 0 Å². The van der Waals surface area contributed by atoms with E-state index in [2.05, 4.69) is 22.3 Å². The highest BCUT2D eigenvalue weighted by Gasteiger charge is 2.27. The van der Waals surface area contributed by atoms with Crippen LogP contribution in [0.1, 0.15) is 52.7 Å². The van der Waals surface area contributed by atoms with Crippen LogP contribution >= 0.6 is 0 Å². The van der Waals surface area contributed by atoms with E-state index in [9.17, 15) is 23.2 Å². The van der Waals surface area contributed by atoms with Crippen LogP contribution in [0.25, 0.3) is 5.70 Å². The molecule has 3 heterocycles. The standard InChI is InChI=1S/C23H28N6O3.C3H6F2.C2H6/c1-6-16(10-9-15(2)3)29-21(30)18-14-28(23(32)24-4)13-11-17(18)20(26-29)25-19-8-7-12-27(5)22(19)31;1-3(2,4)5;1-2/h6-10,12H,1,11,13-14H2,2-5H3,(H,24,32)(H,25,26);1-2H3;1-2H3/b16-10+;;. The third-order valence-corrected chi connectivity index (χ3v) is 5.20. The summed E-state index contributed by atoms with van der Waals surface area (Å²) in [6.07, 6.45) is 7.26. The van der Waals surface area contributed by atoms with Gasteiger partial charge in [0.25, 0.3) is 11.1 Å². The lowest BCUT2D eigenvalue weighted by Crippen LogP contribution is -2.44. The van der Waals surface area contributed by atoms with Crippen molar-refractivity contribution in [1.29, 1.82) is 0 Å². The largest absolute Gasteiger partial charge is 0.341 e. The van der Waals surface area contributed by atoms with E-state index in [0.29, 0.717) is 41.3 Å². The molecule has 0 saturated carbocycles. The van der Waals surface area contributed by atoms with Gasteiger partial charge in [0.15, 0.2) is 5.82 Å². The first-order valence-corrected chi connectivity index (χ1v) is 12.7. The van der Waals surface area contributed by atoms with Crippen molar-refractivity contribution in [2.24, 2.45) is 7.05 Å². The molecule has 0 spiro atoms. The van der Waals surface area contributed by atoms with Crippen molar-refractivity contribution in [3.8, 4) is 0 Å². The Bertz CT molecular complexity index is 1330. The molecular formula is C28H40F2N6O3. The van der Waals surface area contributed by atoms with Gasteiger partial charge >= 0.3 is 6.03 Å². The highest BCUT2D eigenvalue weighted by Crippen LogP contribution is 2.25. The second-order valence-electron chi connectivity index (χ2n) is 9.08. The predicted octanol–water partition coefficient (Wildman–Crippen LogP) is 5.06. The van der Waals surface area contributed by atoms with E-state index < -0.39 is 5.92 Å². The molecule has 2 N–H and O–H groups in total. The van der Waals surface area contributed by atoms with E-state index in [1.165, 1.54) is 9.25 Å². The van der Waals surface area contributed by atoms with Crippen LogP contribution in [0.5, 0.6) is 0 Å². The van der Waals surface area contributed by atoms with Gasteiger partial charge in [0.2, 0.25) is 5.92 Å². The molecule has 0 unspecified atom stereocenters. The van der Waals surface area contributed by atoms with E-state index in [1.54, 1.807) is 49.5 Å². The minimum absolute atomic E-state index is 0.144. The average molecular weight is 547 g/mol. The number of allylic oxidation sites excluding steroid dienone is 5. The second kappa shape index (κ2) is 14.8. The molecule has 214 valence electrons. The molecule has 0 fully saturated rings. The van der Waals surface area contributed by atoms with Crippen molar-refractivity contribution in [1.82, 2.24) is 24.6 Å². The number of alkyl halides is 2. The van der Waals surface area contributed by atoms with Crippen molar-refractivity contribution in [2.75, 3.05) is 18.9 Å². The summed E-state index contributed by atoms with van der Waals surface area (Å²) in [4.78, 5) is 39.7. The SMILES string of the molecule is C=C/C(=C\C=C(C)C)n1nc(Nc2cccn(C)c2=O)c2c(c1=O)CN(C(=O)NC)CC2.CC.CC(C)(F)F. The zero-order chi connectivity index (χ0) is 29.9. The van der Waals surface area contributed by atoms with Gasteiger partial charge in [-0.1, -0.05) is 32.1 Å². The lowest BCUT2D eigenvalue weighted by molar-refractivity contribution is 0.0437. The third-order valence-electron chi connectivity index (χ3n) is 5.20. The van der Waals surface area contributed by atoms with Crippen LogP contribution in [0.3, 0.4) is 0 Å². The van der Waals surface area contributed by atoms with Crippen LogP contribution < -0.4 is 21.8 Å². The van der Waals surface area contributed by atoms with Crippen molar-refractivity contribution >= 4 is 23.2 Å². The summed E-state index contributed by atoms with van der Waals surface area (Å²) in [7, 11) is 3.22. The minimum Gasteiger partial charge on any atom is -0.341 e. The summed E-state index contributed by atoms with van der Waals surface area (Å²) in [5.41, 5.74) is 2.49. The maximum absolute atomic E-state index is 13.4. The van der Waals surface area contributed by atoms with Gasteiger partial charge < -0.3 is 20.1 Å². The second-order valence-corrected chi connectivity index (χ2v) is 9.08. The number of rotatable bonds is 5. The first-order chi connectivity index (χ1) is 18.3. The smallest absolute Gasteiger partial charge is 0.317 e. The zero-order valence-electron chi connectivity index (χ0n) is 24.1. The molecule has 3 rings (SSSR count). The summed E-state index contributed by atoms with van der Waals surface area (Å²) < 4.78 is 24.8. The number of pyridine rings is 1. The summed E-state index contributed by atoms with van der Waals surface area (Å²) in [6, 6.07) is 3.16. The Morgan fingerprint density at radius 3 is 2.28 bits per heavy atom. The van der Waals surface area contributed by atoms with Gasteiger partial charge in [0.05, 0.1) is 12.2 Å². The first-order valence-electron chi connectivity index (χ1n) is 12.7. The number of anilines is 2. The molecule has 0 atom stereocenters. The number of aromatic nitrogens is 3. The average Bonchev–Trinajstić information content (AvgIpc) is 2.88. The number of urea groups is 1. The summed E-state index contributed by atoms with van der Waals surface area (Å²) >= 11 is 0. The van der Waals surface area contributed by atoms with Gasteiger partial charge in [-0.15, -0.1) is 5.10 Å². The highest BCUT2D eigenvalue weighted by molar-refractivity contribution is 5.74. The molecule has 0 radical (unpaired) electrons. The molecule has 0 bridgehead atoms. The van der Waals surface area contributed by atoms with Gasteiger partial charge in [-0.05, 0) is 58.4 Å². The van der Waals surface area contributed by atoms with E-state index in [0.717, 1.165) is 19.4 Å². The number of hydrogen-bond donors (Lipinski definition) is 2. The van der Waals surface area contributed by atoms with Crippen LogP contribution in [0.4, 0.5) is 25.1 Å². The number of fused-ring (bicyclic) bond motifs is 1.